The molecule has 9 nitrogen and oxygen atoms in total. The lowest BCUT2D eigenvalue weighted by atomic mass is 9.98. The van der Waals surface area contributed by atoms with Gasteiger partial charge in [0.1, 0.15) is 10.7 Å². The number of nitrogens with zero attached hydrogens (tertiary/aromatic N) is 1. The Morgan fingerprint density at radius 3 is 2.26 bits per heavy atom. The molecule has 164 valence electrons. The van der Waals surface area contributed by atoms with Gasteiger partial charge in [-0.25, -0.2) is 0 Å². The number of anilines is 1. The SMILES string of the molecule is COP(=O)(OC)C(Nc1ccccc1Br)(c1ccccc1)C(O)c1ccc([N+](=O)[O-])o1. The molecule has 0 aliphatic carbocycles. The van der Waals surface area contributed by atoms with Crippen molar-refractivity contribution in [1.82, 2.24) is 0 Å². The molecule has 1 heterocycles. The van der Waals surface area contributed by atoms with Gasteiger partial charge in [0.15, 0.2) is 11.4 Å². The Bertz CT molecular complexity index is 1100. The minimum Gasteiger partial charge on any atom is -0.403 e. The third kappa shape index (κ3) is 4.17. The van der Waals surface area contributed by atoms with Crippen molar-refractivity contribution >= 4 is 35.1 Å². The smallest absolute Gasteiger partial charge is 0.403 e. The van der Waals surface area contributed by atoms with Crippen LogP contribution in [0.3, 0.4) is 0 Å². The maximum Gasteiger partial charge on any atom is 0.433 e. The summed E-state index contributed by atoms with van der Waals surface area (Å²) in [7, 11) is -1.79. The highest BCUT2D eigenvalue weighted by molar-refractivity contribution is 9.10. The Kier molecular flexibility index (Phi) is 6.98. The van der Waals surface area contributed by atoms with Crippen molar-refractivity contribution in [2.75, 3.05) is 19.5 Å². The van der Waals surface area contributed by atoms with Crippen LogP contribution < -0.4 is 5.32 Å². The van der Waals surface area contributed by atoms with E-state index in [1.807, 2.05) is 0 Å². The fraction of sp³-hybridized carbons (Fsp3) is 0.200. The summed E-state index contributed by atoms with van der Waals surface area (Å²) >= 11 is 3.43. The number of halogens is 1. The van der Waals surface area contributed by atoms with Crippen LogP contribution in [-0.4, -0.2) is 24.2 Å². The molecule has 0 aliphatic heterocycles. The molecule has 2 atom stereocenters. The number of nitro groups is 1. The Balaban J connectivity index is 2.31. The van der Waals surface area contributed by atoms with E-state index in [4.69, 9.17) is 13.5 Å². The van der Waals surface area contributed by atoms with Crippen LogP contribution in [0.15, 0.2) is 75.6 Å². The summed E-state index contributed by atoms with van der Waals surface area (Å²) in [6.45, 7) is 0. The van der Waals surface area contributed by atoms with E-state index in [1.165, 1.54) is 20.3 Å². The zero-order valence-corrected chi connectivity index (χ0v) is 19.1. The quantitative estimate of drug-likeness (QED) is 0.221. The first-order valence-electron chi connectivity index (χ1n) is 9.01. The summed E-state index contributed by atoms with van der Waals surface area (Å²) in [4.78, 5) is 10.4. The summed E-state index contributed by atoms with van der Waals surface area (Å²) in [5.41, 5.74) is 0.824. The zero-order valence-electron chi connectivity index (χ0n) is 16.6. The lowest BCUT2D eigenvalue weighted by Gasteiger charge is -2.42. The molecule has 0 saturated heterocycles. The number of aliphatic hydroxyl groups excluding tert-OH is 1. The molecule has 1 aromatic heterocycles. The summed E-state index contributed by atoms with van der Waals surface area (Å²) in [5.74, 6) is -0.758. The first-order valence-corrected chi connectivity index (χ1v) is 11.3. The highest BCUT2D eigenvalue weighted by Crippen LogP contribution is 2.68. The third-order valence-electron chi connectivity index (χ3n) is 4.78. The van der Waals surface area contributed by atoms with Crippen LogP contribution in [0, 0.1) is 10.1 Å². The molecule has 0 saturated carbocycles. The van der Waals surface area contributed by atoms with Gasteiger partial charge in [-0.2, -0.15) is 0 Å². The number of benzene rings is 2. The van der Waals surface area contributed by atoms with Crippen LogP contribution in [0.2, 0.25) is 0 Å². The molecule has 31 heavy (non-hydrogen) atoms. The molecule has 2 N–H and O–H groups in total. The summed E-state index contributed by atoms with van der Waals surface area (Å²) < 4.78 is 30.5. The Labute approximate surface area is 186 Å². The van der Waals surface area contributed by atoms with E-state index in [0.717, 1.165) is 6.07 Å². The standard InChI is InChI=1S/C20H20BrN2O7P/c1-28-31(27,29-2)20(14-8-4-3-5-9-14,22-16-11-7-6-10-15(16)21)19(24)17-12-13-18(30-17)23(25)26/h3-13,19,22,24H,1-2H3. The largest absolute Gasteiger partial charge is 0.433 e. The first kappa shape index (κ1) is 23.2. The number of furan rings is 1. The van der Waals surface area contributed by atoms with Crippen molar-refractivity contribution in [2.24, 2.45) is 0 Å². The monoisotopic (exact) mass is 510 g/mol. The second-order valence-electron chi connectivity index (χ2n) is 6.44. The molecular formula is C20H20BrN2O7P. The highest BCUT2D eigenvalue weighted by Gasteiger charge is 2.59. The van der Waals surface area contributed by atoms with Crippen molar-refractivity contribution in [3.63, 3.8) is 0 Å². The number of para-hydroxylation sites is 1. The molecule has 11 heteroatoms. The number of aliphatic hydroxyl groups is 1. The maximum atomic E-state index is 14.0. The average molecular weight is 511 g/mol. The molecule has 3 rings (SSSR count). The first-order chi connectivity index (χ1) is 14.8. The normalized spacial score (nSPS) is 14.6. The molecule has 0 spiro atoms. The third-order valence-corrected chi connectivity index (χ3v) is 7.91. The van der Waals surface area contributed by atoms with Gasteiger partial charge in [0.25, 0.3) is 0 Å². The van der Waals surface area contributed by atoms with Crippen molar-refractivity contribution in [1.29, 1.82) is 0 Å². The topological polar surface area (TPSA) is 124 Å². The summed E-state index contributed by atoms with van der Waals surface area (Å²) in [6.07, 6.45) is -1.71. The van der Waals surface area contributed by atoms with Gasteiger partial charge in [0.05, 0.1) is 6.07 Å². The van der Waals surface area contributed by atoms with Crippen LogP contribution in [0.1, 0.15) is 17.4 Å². The summed E-state index contributed by atoms with van der Waals surface area (Å²) in [6, 6.07) is 17.8. The molecule has 2 unspecified atom stereocenters. The van der Waals surface area contributed by atoms with Gasteiger partial charge in [-0.05, 0) is 39.7 Å². The number of hydrogen-bond acceptors (Lipinski definition) is 8. The van der Waals surface area contributed by atoms with Gasteiger partial charge in [0, 0.05) is 24.4 Å². The van der Waals surface area contributed by atoms with Crippen LogP contribution in [0.25, 0.3) is 0 Å². The van der Waals surface area contributed by atoms with E-state index in [9.17, 15) is 19.8 Å². The van der Waals surface area contributed by atoms with E-state index in [-0.39, 0.29) is 5.76 Å². The number of nitrogens with one attached hydrogen (secondary N) is 1. The van der Waals surface area contributed by atoms with E-state index < -0.39 is 29.8 Å². The van der Waals surface area contributed by atoms with Gasteiger partial charge < -0.3 is 23.9 Å². The van der Waals surface area contributed by atoms with Gasteiger partial charge in [-0.15, -0.1) is 0 Å². The van der Waals surface area contributed by atoms with Gasteiger partial charge in [-0.3, -0.25) is 14.7 Å². The second-order valence-corrected chi connectivity index (χ2v) is 9.72. The van der Waals surface area contributed by atoms with Crippen LogP contribution >= 0.6 is 23.5 Å². The Morgan fingerprint density at radius 1 is 1.10 bits per heavy atom. The lowest BCUT2D eigenvalue weighted by molar-refractivity contribution is -0.402. The maximum absolute atomic E-state index is 14.0. The van der Waals surface area contributed by atoms with Crippen LogP contribution in [0.4, 0.5) is 11.6 Å². The van der Waals surface area contributed by atoms with Crippen molar-refractivity contribution in [3.8, 4) is 0 Å². The van der Waals surface area contributed by atoms with Crippen LogP contribution in [-0.2, 0) is 18.9 Å². The number of rotatable bonds is 9. The van der Waals surface area contributed by atoms with Gasteiger partial charge in [-0.1, -0.05) is 42.5 Å². The molecule has 0 fully saturated rings. The van der Waals surface area contributed by atoms with E-state index >= 15 is 0 Å². The molecule has 0 amide bonds. The fourth-order valence-electron chi connectivity index (χ4n) is 3.29. The highest BCUT2D eigenvalue weighted by atomic mass is 79.9. The molecule has 2 aromatic carbocycles. The second kappa shape index (κ2) is 9.33. The predicted octanol–water partition coefficient (Wildman–Crippen LogP) is 5.43. The minimum atomic E-state index is -4.18. The van der Waals surface area contributed by atoms with Crippen molar-refractivity contribution < 1.29 is 28.1 Å². The van der Waals surface area contributed by atoms with Crippen LogP contribution in [0.5, 0.6) is 0 Å². The molecule has 0 bridgehead atoms. The molecule has 0 aliphatic rings. The van der Waals surface area contributed by atoms with Gasteiger partial charge in [0.2, 0.25) is 0 Å². The summed E-state index contributed by atoms with van der Waals surface area (Å²) in [5, 5.41) is 23.8. The van der Waals surface area contributed by atoms with E-state index in [1.54, 1.807) is 54.6 Å². The Hall–Kier alpha value is -2.49. The molecular weight excluding hydrogens is 491 g/mol. The number of hydrogen-bond donors (Lipinski definition) is 2. The van der Waals surface area contributed by atoms with E-state index in [0.29, 0.717) is 15.7 Å². The van der Waals surface area contributed by atoms with Crippen molar-refractivity contribution in [3.05, 3.63) is 92.6 Å². The lowest BCUT2D eigenvalue weighted by Crippen LogP contribution is -2.42. The van der Waals surface area contributed by atoms with Crippen molar-refractivity contribution in [2.45, 2.75) is 11.4 Å². The Morgan fingerprint density at radius 2 is 1.71 bits per heavy atom. The molecule has 0 radical (unpaired) electrons. The fourth-order valence-corrected chi connectivity index (χ4v) is 5.55. The average Bonchev–Trinajstić information content (AvgIpc) is 3.29. The zero-order chi connectivity index (χ0) is 22.6. The molecule has 3 aromatic rings. The predicted molar refractivity (Wildman–Crippen MR) is 118 cm³/mol. The van der Waals surface area contributed by atoms with E-state index in [2.05, 4.69) is 21.2 Å². The van der Waals surface area contributed by atoms with Gasteiger partial charge >= 0.3 is 13.5 Å². The minimum absolute atomic E-state index is 0.190.